The highest BCUT2D eigenvalue weighted by Crippen LogP contribution is 2.19. The van der Waals surface area contributed by atoms with Crippen LogP contribution in [-0.4, -0.2) is 25.0 Å². The fourth-order valence-electron chi connectivity index (χ4n) is 1.74. The smallest absolute Gasteiger partial charge is 0.396 e. The molecule has 0 fully saturated rings. The van der Waals surface area contributed by atoms with E-state index in [4.69, 9.17) is 0 Å². The van der Waals surface area contributed by atoms with Gasteiger partial charge in [-0.3, -0.25) is 4.79 Å². The molecule has 90 valence electrons. The predicted molar refractivity (Wildman–Crippen MR) is 60.8 cm³/mol. The highest BCUT2D eigenvalue weighted by Gasteiger charge is 2.13. The van der Waals surface area contributed by atoms with E-state index in [0.29, 0.717) is 6.54 Å². The first-order valence-electron chi connectivity index (χ1n) is 5.87. The topological polar surface area (TPSA) is 55.4 Å². The summed E-state index contributed by atoms with van der Waals surface area (Å²) in [6.45, 7) is 2.43. The molecule has 1 amide bonds. The molecule has 0 saturated carbocycles. The number of allylic oxidation sites excluding steroid dienone is 1. The lowest BCUT2D eigenvalue weighted by Crippen LogP contribution is -2.33. The third-order valence-electron chi connectivity index (χ3n) is 2.58. The Morgan fingerprint density at radius 1 is 1.44 bits per heavy atom. The van der Waals surface area contributed by atoms with Gasteiger partial charge in [-0.15, -0.1) is 0 Å². The van der Waals surface area contributed by atoms with Gasteiger partial charge in [0.05, 0.1) is 6.61 Å². The van der Waals surface area contributed by atoms with Crippen LogP contribution >= 0.6 is 0 Å². The molecule has 0 spiro atoms. The van der Waals surface area contributed by atoms with Crippen LogP contribution in [0.3, 0.4) is 0 Å². The van der Waals surface area contributed by atoms with Gasteiger partial charge in [0.25, 0.3) is 0 Å². The fourth-order valence-corrected chi connectivity index (χ4v) is 1.74. The van der Waals surface area contributed by atoms with E-state index >= 15 is 0 Å². The molecule has 0 heterocycles. The monoisotopic (exact) mass is 225 g/mol. The zero-order valence-corrected chi connectivity index (χ0v) is 9.75. The molecule has 1 N–H and O–H groups in total. The number of nitrogens with one attached hydrogen (secondary N) is 1. The molecule has 0 aromatic carbocycles. The zero-order valence-electron chi connectivity index (χ0n) is 9.75. The van der Waals surface area contributed by atoms with Crippen LogP contribution < -0.4 is 5.32 Å². The van der Waals surface area contributed by atoms with Gasteiger partial charge < -0.3 is 10.1 Å². The van der Waals surface area contributed by atoms with Crippen molar-refractivity contribution in [3.05, 3.63) is 11.6 Å². The number of carbonyl (C=O) groups is 2. The number of esters is 1. The van der Waals surface area contributed by atoms with Crippen LogP contribution in [0.5, 0.6) is 0 Å². The standard InChI is InChI=1S/C12H19NO3/c1-2-16-12(15)11(14)13-9-8-10-6-4-3-5-7-10/h6H,2-5,7-9H2,1H3,(H,13,14). The minimum absolute atomic E-state index is 0.234. The Balaban J connectivity index is 2.17. The highest BCUT2D eigenvalue weighted by molar-refractivity contribution is 6.32. The second kappa shape index (κ2) is 7.04. The SMILES string of the molecule is CCOC(=O)C(=O)NCCC1=CCCCC1. The normalized spacial score (nSPS) is 15.2. The Morgan fingerprint density at radius 3 is 2.88 bits per heavy atom. The molecular formula is C12H19NO3. The summed E-state index contributed by atoms with van der Waals surface area (Å²) in [7, 11) is 0. The van der Waals surface area contributed by atoms with Crippen molar-refractivity contribution in [2.75, 3.05) is 13.2 Å². The van der Waals surface area contributed by atoms with Crippen LogP contribution in [0.2, 0.25) is 0 Å². The molecule has 0 saturated heterocycles. The lowest BCUT2D eigenvalue weighted by Gasteiger charge is -2.12. The van der Waals surface area contributed by atoms with E-state index < -0.39 is 11.9 Å². The van der Waals surface area contributed by atoms with Crippen LogP contribution in [0.4, 0.5) is 0 Å². The van der Waals surface area contributed by atoms with Crippen molar-refractivity contribution in [1.82, 2.24) is 5.32 Å². The summed E-state index contributed by atoms with van der Waals surface area (Å²) in [5.41, 5.74) is 1.38. The molecule has 4 nitrogen and oxygen atoms in total. The second-order valence-electron chi connectivity index (χ2n) is 3.83. The largest absolute Gasteiger partial charge is 0.459 e. The average molecular weight is 225 g/mol. The molecule has 16 heavy (non-hydrogen) atoms. The van der Waals surface area contributed by atoms with E-state index in [2.05, 4.69) is 16.1 Å². The quantitative estimate of drug-likeness (QED) is 0.449. The van der Waals surface area contributed by atoms with Crippen LogP contribution in [-0.2, 0) is 14.3 Å². The van der Waals surface area contributed by atoms with E-state index in [0.717, 1.165) is 19.3 Å². The summed E-state index contributed by atoms with van der Waals surface area (Å²) >= 11 is 0. The average Bonchev–Trinajstić information content (AvgIpc) is 2.30. The molecule has 0 bridgehead atoms. The molecule has 0 aliphatic heterocycles. The second-order valence-corrected chi connectivity index (χ2v) is 3.83. The summed E-state index contributed by atoms with van der Waals surface area (Å²) < 4.78 is 4.58. The van der Waals surface area contributed by atoms with E-state index in [1.807, 2.05) is 0 Å². The molecule has 4 heteroatoms. The highest BCUT2D eigenvalue weighted by atomic mass is 16.5. The Morgan fingerprint density at radius 2 is 2.25 bits per heavy atom. The van der Waals surface area contributed by atoms with Crippen LogP contribution in [0.1, 0.15) is 39.0 Å². The predicted octanol–water partition coefficient (Wildman–Crippen LogP) is 1.56. The first-order valence-corrected chi connectivity index (χ1v) is 5.87. The van der Waals surface area contributed by atoms with Crippen LogP contribution in [0, 0.1) is 0 Å². The van der Waals surface area contributed by atoms with Gasteiger partial charge in [-0.05, 0) is 39.0 Å². The van der Waals surface area contributed by atoms with Crippen molar-refractivity contribution in [1.29, 1.82) is 0 Å². The summed E-state index contributed by atoms with van der Waals surface area (Å²) in [5.74, 6) is -1.43. The van der Waals surface area contributed by atoms with Gasteiger partial charge in [0, 0.05) is 6.54 Å². The number of amides is 1. The Bertz CT molecular complexity index is 284. The molecule has 1 rings (SSSR count). The van der Waals surface area contributed by atoms with Crippen molar-refractivity contribution in [2.24, 2.45) is 0 Å². The zero-order chi connectivity index (χ0) is 11.8. The maximum absolute atomic E-state index is 11.2. The van der Waals surface area contributed by atoms with Gasteiger partial charge in [0.2, 0.25) is 0 Å². The maximum Gasteiger partial charge on any atom is 0.396 e. The van der Waals surface area contributed by atoms with Gasteiger partial charge in [0.15, 0.2) is 0 Å². The van der Waals surface area contributed by atoms with Gasteiger partial charge >= 0.3 is 11.9 Å². The Kier molecular flexibility index (Phi) is 5.61. The van der Waals surface area contributed by atoms with Crippen molar-refractivity contribution < 1.29 is 14.3 Å². The first kappa shape index (κ1) is 12.7. The number of ether oxygens (including phenoxy) is 1. The molecule has 0 aromatic heterocycles. The minimum atomic E-state index is -0.792. The lowest BCUT2D eigenvalue weighted by molar-refractivity contribution is -0.154. The van der Waals surface area contributed by atoms with Crippen molar-refractivity contribution in [3.8, 4) is 0 Å². The third-order valence-corrected chi connectivity index (χ3v) is 2.58. The molecule has 0 atom stereocenters. The van der Waals surface area contributed by atoms with Crippen LogP contribution in [0.25, 0.3) is 0 Å². The molecule has 0 radical (unpaired) electrons. The van der Waals surface area contributed by atoms with E-state index in [-0.39, 0.29) is 6.61 Å². The number of carbonyl (C=O) groups excluding carboxylic acids is 2. The number of rotatable bonds is 4. The summed E-state index contributed by atoms with van der Waals surface area (Å²) in [5, 5.41) is 2.56. The molecule has 0 unspecified atom stereocenters. The van der Waals surface area contributed by atoms with E-state index in [9.17, 15) is 9.59 Å². The van der Waals surface area contributed by atoms with Gasteiger partial charge in [-0.2, -0.15) is 0 Å². The van der Waals surface area contributed by atoms with Crippen molar-refractivity contribution >= 4 is 11.9 Å². The van der Waals surface area contributed by atoms with Gasteiger partial charge in [-0.25, -0.2) is 4.79 Å². The van der Waals surface area contributed by atoms with E-state index in [1.54, 1.807) is 6.92 Å². The minimum Gasteiger partial charge on any atom is -0.459 e. The molecular weight excluding hydrogens is 206 g/mol. The third kappa shape index (κ3) is 4.47. The maximum atomic E-state index is 11.2. The van der Waals surface area contributed by atoms with Gasteiger partial charge in [0.1, 0.15) is 0 Å². The first-order chi connectivity index (χ1) is 7.74. The van der Waals surface area contributed by atoms with Crippen molar-refractivity contribution in [2.45, 2.75) is 39.0 Å². The Labute approximate surface area is 96.0 Å². The molecule has 0 aromatic rings. The van der Waals surface area contributed by atoms with E-state index in [1.165, 1.54) is 18.4 Å². The molecule has 1 aliphatic carbocycles. The molecule has 1 aliphatic rings. The summed E-state index contributed by atoms with van der Waals surface area (Å²) in [4.78, 5) is 22.1. The van der Waals surface area contributed by atoms with Crippen molar-refractivity contribution in [3.63, 3.8) is 0 Å². The summed E-state index contributed by atoms with van der Waals surface area (Å²) in [6.07, 6.45) is 7.83. The Hall–Kier alpha value is -1.32. The lowest BCUT2D eigenvalue weighted by atomic mass is 9.97. The van der Waals surface area contributed by atoms with Gasteiger partial charge in [-0.1, -0.05) is 11.6 Å². The summed E-state index contributed by atoms with van der Waals surface area (Å²) in [6, 6.07) is 0. The number of hydrogen-bond acceptors (Lipinski definition) is 3. The van der Waals surface area contributed by atoms with Crippen LogP contribution in [0.15, 0.2) is 11.6 Å². The fraction of sp³-hybridized carbons (Fsp3) is 0.667. The number of hydrogen-bond donors (Lipinski definition) is 1.